The van der Waals surface area contributed by atoms with E-state index in [9.17, 15) is 31.5 Å². The van der Waals surface area contributed by atoms with E-state index in [1.54, 1.807) is 14.0 Å². The number of hydrogen-bond acceptors (Lipinski definition) is 11. The largest absolute Gasteiger partial charge is 0.478 e. The molecule has 14 nitrogen and oxygen atoms in total. The summed E-state index contributed by atoms with van der Waals surface area (Å²) >= 11 is 23.4. The van der Waals surface area contributed by atoms with Crippen LogP contribution in [0.5, 0.6) is 11.5 Å². The quantitative estimate of drug-likeness (QED) is 0.0396. The van der Waals surface area contributed by atoms with Gasteiger partial charge in [0.25, 0.3) is 20.0 Å². The van der Waals surface area contributed by atoms with E-state index in [1.165, 1.54) is 110 Å². The fourth-order valence-electron chi connectivity index (χ4n) is 4.53. The Kier molecular flexibility index (Phi) is 18.4. The summed E-state index contributed by atoms with van der Waals surface area (Å²) in [6, 6.07) is 19.2. The zero-order valence-electron chi connectivity index (χ0n) is 31.9. The van der Waals surface area contributed by atoms with Gasteiger partial charge in [-0.1, -0.05) is 59.6 Å². The van der Waals surface area contributed by atoms with Crippen LogP contribution in [-0.2, 0) is 24.8 Å². The molecule has 0 unspecified atom stereocenters. The second-order valence-electron chi connectivity index (χ2n) is 11.5. The lowest BCUT2D eigenvalue weighted by atomic mass is 10.2. The standard InChI is InChI=1S/C21H20Cl2N2O5S.C19H16Cl2N2O5S/c1-4-29-21(26)19-12-17(25-31(27,28)18-8-5-15(22)6-9-18)7-10-20(19)30-14(2)11-16(23)13-24-3;1-12(9-14(21)11-22-2)28-18-8-5-15(10-17(18)19(24)25)23-29(26,27)16-6-3-13(20)4-7-16/h5-13,25H,2,4H2,1,3H3;3-11,23H,1H2,2H3,(H,24,25)/b16-11+,24-13?;14-9+,22-11?. The number of sulfonamides is 2. The third-order valence-electron chi connectivity index (χ3n) is 7.02. The van der Waals surface area contributed by atoms with Crippen LogP contribution < -0.4 is 18.9 Å². The third-order valence-corrected chi connectivity index (χ3v) is 10.7. The number of anilines is 2. The molecule has 0 heterocycles. The van der Waals surface area contributed by atoms with Crippen molar-refractivity contribution in [3.05, 3.63) is 153 Å². The number of nitrogens with one attached hydrogen (secondary N) is 2. The number of ether oxygens (including phenoxy) is 3. The molecule has 0 saturated heterocycles. The van der Waals surface area contributed by atoms with E-state index in [1.807, 2.05) is 0 Å². The molecule has 0 aromatic heterocycles. The van der Waals surface area contributed by atoms with Crippen molar-refractivity contribution in [2.45, 2.75) is 16.7 Å². The van der Waals surface area contributed by atoms with E-state index >= 15 is 0 Å². The van der Waals surface area contributed by atoms with Crippen molar-refractivity contribution in [1.82, 2.24) is 0 Å². The Morgan fingerprint density at radius 1 is 0.683 bits per heavy atom. The highest BCUT2D eigenvalue weighted by Gasteiger charge is 2.21. The fraction of sp³-hybridized carbons (Fsp3) is 0.100. The lowest BCUT2D eigenvalue weighted by molar-refractivity contribution is 0.0522. The van der Waals surface area contributed by atoms with Gasteiger partial charge < -0.3 is 19.3 Å². The van der Waals surface area contributed by atoms with Gasteiger partial charge in [0.1, 0.15) is 34.1 Å². The van der Waals surface area contributed by atoms with Crippen LogP contribution in [0.15, 0.2) is 152 Å². The molecule has 0 radical (unpaired) electrons. The number of carbonyl (C=O) groups excluding carboxylic acids is 1. The van der Waals surface area contributed by atoms with Gasteiger partial charge >= 0.3 is 11.9 Å². The number of carboxylic acid groups (broad SMARTS) is 1. The number of benzene rings is 4. The van der Waals surface area contributed by atoms with E-state index < -0.39 is 32.0 Å². The van der Waals surface area contributed by atoms with Crippen LogP contribution in [0.25, 0.3) is 0 Å². The van der Waals surface area contributed by atoms with Crippen LogP contribution in [0.2, 0.25) is 10.0 Å². The van der Waals surface area contributed by atoms with E-state index in [4.69, 9.17) is 60.6 Å². The average molecular weight is 939 g/mol. The predicted octanol–water partition coefficient (Wildman–Crippen LogP) is 9.59. The Morgan fingerprint density at radius 2 is 1.07 bits per heavy atom. The normalized spacial score (nSPS) is 12.0. The highest BCUT2D eigenvalue weighted by atomic mass is 35.5. The number of allylic oxidation sites excluding steroid dienone is 4. The fourth-order valence-corrected chi connectivity index (χ4v) is 7.32. The number of carboxylic acids is 1. The Hall–Kier alpha value is -5.62. The van der Waals surface area contributed by atoms with Crippen LogP contribution in [0.3, 0.4) is 0 Å². The molecule has 0 amide bonds. The first-order valence-corrected chi connectivity index (χ1v) is 21.3. The summed E-state index contributed by atoms with van der Waals surface area (Å²) in [4.78, 5) is 31.5. The minimum Gasteiger partial charge on any atom is -0.478 e. The van der Waals surface area contributed by atoms with Crippen molar-refractivity contribution in [3.8, 4) is 11.5 Å². The predicted molar refractivity (Wildman–Crippen MR) is 237 cm³/mol. The summed E-state index contributed by atoms with van der Waals surface area (Å²) in [5.41, 5.74) is -0.0752. The van der Waals surface area contributed by atoms with E-state index in [0.717, 1.165) is 6.07 Å². The molecule has 0 bridgehead atoms. The van der Waals surface area contributed by atoms with Gasteiger partial charge in [-0.15, -0.1) is 0 Å². The number of aromatic carboxylic acids is 1. The van der Waals surface area contributed by atoms with Gasteiger partial charge in [0.2, 0.25) is 0 Å². The first-order valence-electron chi connectivity index (χ1n) is 16.9. The maximum absolute atomic E-state index is 12.6. The van der Waals surface area contributed by atoms with Crippen molar-refractivity contribution in [1.29, 1.82) is 0 Å². The zero-order chi connectivity index (χ0) is 44.6. The van der Waals surface area contributed by atoms with E-state index in [0.29, 0.717) is 10.0 Å². The molecule has 0 aliphatic carbocycles. The maximum atomic E-state index is 12.6. The highest BCUT2D eigenvalue weighted by molar-refractivity contribution is 7.93. The molecular weight excluding hydrogens is 902 g/mol. The number of rotatable bonds is 17. The summed E-state index contributed by atoms with van der Waals surface area (Å²) in [5.74, 6) is -1.71. The molecule has 4 rings (SSSR count). The number of nitrogens with zero attached hydrogens (tertiary/aromatic N) is 2. The molecule has 4 aromatic rings. The molecule has 0 fully saturated rings. The minimum absolute atomic E-state index is 0.00740. The molecule has 0 atom stereocenters. The van der Waals surface area contributed by atoms with Gasteiger partial charge in [-0.2, -0.15) is 0 Å². The van der Waals surface area contributed by atoms with Crippen molar-refractivity contribution in [2.75, 3.05) is 30.1 Å². The maximum Gasteiger partial charge on any atom is 0.342 e. The molecule has 20 heteroatoms. The first-order chi connectivity index (χ1) is 28.3. The Bertz CT molecular complexity index is 2580. The van der Waals surface area contributed by atoms with Crippen LogP contribution >= 0.6 is 46.4 Å². The summed E-state index contributed by atoms with van der Waals surface area (Å²) in [6.07, 6.45) is 5.54. The van der Waals surface area contributed by atoms with Gasteiger partial charge in [0.15, 0.2) is 0 Å². The number of hydrogen-bond donors (Lipinski definition) is 3. The molecule has 0 aliphatic heterocycles. The summed E-state index contributed by atoms with van der Waals surface area (Å²) in [5, 5.41) is 10.8. The topological polar surface area (TPSA) is 199 Å². The lowest BCUT2D eigenvalue weighted by Gasteiger charge is -2.14. The molecular formula is C40H36Cl4N4O10S2. The number of halogens is 4. The van der Waals surface area contributed by atoms with Crippen LogP contribution in [0, 0.1) is 0 Å². The van der Waals surface area contributed by atoms with E-state index in [2.05, 4.69) is 32.6 Å². The van der Waals surface area contributed by atoms with Crippen molar-refractivity contribution in [3.63, 3.8) is 0 Å². The van der Waals surface area contributed by atoms with Crippen molar-refractivity contribution < 1.29 is 45.7 Å². The third kappa shape index (κ3) is 15.2. The molecule has 316 valence electrons. The van der Waals surface area contributed by atoms with Crippen LogP contribution in [0.4, 0.5) is 11.4 Å². The van der Waals surface area contributed by atoms with Crippen molar-refractivity contribution in [2.24, 2.45) is 9.98 Å². The number of carbonyl (C=O) groups is 2. The summed E-state index contributed by atoms with van der Waals surface area (Å²) in [6.45, 7) is 9.14. The Morgan fingerprint density at radius 3 is 1.43 bits per heavy atom. The highest BCUT2D eigenvalue weighted by Crippen LogP contribution is 2.29. The second kappa shape index (κ2) is 22.7. The number of aliphatic imine (C=N–C) groups is 2. The molecule has 0 aliphatic rings. The van der Waals surface area contributed by atoms with Gasteiger partial charge in [-0.3, -0.25) is 19.4 Å². The van der Waals surface area contributed by atoms with E-state index in [-0.39, 0.29) is 72.0 Å². The van der Waals surface area contributed by atoms with Crippen molar-refractivity contribution >= 4 is 102 Å². The van der Waals surface area contributed by atoms with Gasteiger partial charge in [-0.05, 0) is 91.9 Å². The molecule has 0 spiro atoms. The molecule has 60 heavy (non-hydrogen) atoms. The SMILES string of the molecule is C=C(/C=C(/Cl)C=NC)Oc1ccc(NS(=O)(=O)c2ccc(Cl)cc2)cc1C(=O)O.C=C(/C=C(/Cl)C=NC)Oc1ccc(NS(=O)(=O)c2ccc(Cl)cc2)cc1C(=O)OCC. The lowest BCUT2D eigenvalue weighted by Crippen LogP contribution is -2.14. The minimum atomic E-state index is -3.93. The molecule has 4 aromatic carbocycles. The van der Waals surface area contributed by atoms with Gasteiger partial charge in [-0.25, -0.2) is 26.4 Å². The van der Waals surface area contributed by atoms with Gasteiger partial charge in [0, 0.05) is 60.1 Å². The molecule has 0 saturated carbocycles. The Labute approximate surface area is 367 Å². The Balaban J connectivity index is 0.000000321. The smallest absolute Gasteiger partial charge is 0.342 e. The number of esters is 1. The van der Waals surface area contributed by atoms with Gasteiger partial charge in [0.05, 0.1) is 26.5 Å². The average Bonchev–Trinajstić information content (AvgIpc) is 3.16. The molecule has 3 N–H and O–H groups in total. The monoisotopic (exact) mass is 936 g/mol. The summed E-state index contributed by atoms with van der Waals surface area (Å²) in [7, 11) is -4.74. The first kappa shape index (κ1) is 48.7. The summed E-state index contributed by atoms with van der Waals surface area (Å²) < 4.78 is 70.9. The zero-order valence-corrected chi connectivity index (χ0v) is 36.5. The van der Waals surface area contributed by atoms with Crippen LogP contribution in [0.1, 0.15) is 27.6 Å². The second-order valence-corrected chi connectivity index (χ2v) is 16.6. The van der Waals surface area contributed by atoms with Crippen LogP contribution in [-0.4, -0.2) is 67.0 Å².